The van der Waals surface area contributed by atoms with Crippen LogP contribution in [0.5, 0.6) is 0 Å². The monoisotopic (exact) mass is 318 g/mol. The molecule has 2 heterocycles. The highest BCUT2D eigenvalue weighted by atomic mass is 31.2. The summed E-state index contributed by atoms with van der Waals surface area (Å²) < 4.78 is 27.1. The molecule has 0 aliphatic heterocycles. The molecule has 8 nitrogen and oxygen atoms in total. The summed E-state index contributed by atoms with van der Waals surface area (Å²) in [6.07, 6.45) is 5.20. The van der Waals surface area contributed by atoms with E-state index in [4.69, 9.17) is 0 Å². The van der Waals surface area contributed by atoms with Gasteiger partial charge >= 0.3 is 0 Å². The number of hydrogen-bond donors (Lipinski definition) is 2. The quantitative estimate of drug-likeness (QED) is 0.458. The molecule has 2 aromatic rings. The normalized spacial score (nSPS) is 17.6. The van der Waals surface area contributed by atoms with Crippen LogP contribution in [0.1, 0.15) is 0 Å². The highest BCUT2D eigenvalue weighted by molar-refractivity contribution is 7.67. The molecule has 20 heavy (non-hydrogen) atoms. The molecule has 2 rings (SSSR count). The lowest BCUT2D eigenvalue weighted by atomic mass is 10.9. The molecule has 0 aliphatic rings. The Hall–Kier alpha value is -1.20. The minimum Gasteiger partial charge on any atom is -0.791 e. The molecule has 0 amide bonds. The van der Waals surface area contributed by atoms with Crippen molar-refractivity contribution in [1.82, 2.24) is 9.97 Å². The molecular weight excluding hydrogens is 302 g/mol. The van der Waals surface area contributed by atoms with Crippen LogP contribution in [0.2, 0.25) is 0 Å². The van der Waals surface area contributed by atoms with Crippen molar-refractivity contribution in [2.75, 3.05) is 12.3 Å². The van der Waals surface area contributed by atoms with Gasteiger partial charge in [-0.1, -0.05) is 0 Å². The van der Waals surface area contributed by atoms with Crippen LogP contribution in [-0.4, -0.2) is 22.3 Å². The van der Waals surface area contributed by atoms with E-state index in [-0.39, 0.29) is 11.1 Å². The van der Waals surface area contributed by atoms with Gasteiger partial charge in [-0.2, -0.15) is 0 Å². The molecule has 0 aliphatic carbocycles. The third-order valence-corrected chi connectivity index (χ3v) is 7.18. The summed E-state index contributed by atoms with van der Waals surface area (Å²) >= 11 is 0. The van der Waals surface area contributed by atoms with Crippen LogP contribution in [0.15, 0.2) is 24.8 Å². The molecular formula is C10H16N4O4P2. The van der Waals surface area contributed by atoms with Crippen LogP contribution in [0, 0.1) is 0 Å². The first-order valence-electron chi connectivity index (χ1n) is 5.91. The zero-order valence-corrected chi connectivity index (χ0v) is 12.9. The predicted octanol–water partition coefficient (Wildman–Crippen LogP) is -2.78. The number of aromatic nitrogens is 4. The zero-order chi connectivity index (χ0) is 15.0. The fourth-order valence-electron chi connectivity index (χ4n) is 1.94. The minimum atomic E-state index is -3.99. The number of imidazole rings is 2. The van der Waals surface area contributed by atoms with Crippen molar-refractivity contribution in [3.63, 3.8) is 0 Å². The largest absolute Gasteiger partial charge is 0.791 e. The average Bonchev–Trinajstić information content (AvgIpc) is 2.96. The van der Waals surface area contributed by atoms with Crippen molar-refractivity contribution < 1.29 is 28.1 Å². The molecule has 0 fully saturated rings. The Morgan fingerprint density at radius 2 is 1.30 bits per heavy atom. The first-order valence-corrected chi connectivity index (χ1v) is 9.53. The lowest BCUT2D eigenvalue weighted by Crippen LogP contribution is -2.48. The van der Waals surface area contributed by atoms with Crippen molar-refractivity contribution in [1.29, 1.82) is 0 Å². The third kappa shape index (κ3) is 2.94. The number of hydrogen-bond acceptors (Lipinski definition) is 4. The van der Waals surface area contributed by atoms with Crippen molar-refractivity contribution in [2.24, 2.45) is 14.1 Å². The molecule has 10 heteroatoms. The Morgan fingerprint density at radius 3 is 1.55 bits per heavy atom. The molecule has 0 bridgehead atoms. The van der Waals surface area contributed by atoms with Gasteiger partial charge in [-0.05, 0) is 0 Å². The summed E-state index contributed by atoms with van der Waals surface area (Å²) in [5, 5.41) is 0. The summed E-state index contributed by atoms with van der Waals surface area (Å²) in [6.45, 7) is 0. The summed E-state index contributed by atoms with van der Waals surface area (Å²) in [5.74, 6) is 0. The molecule has 0 saturated heterocycles. The van der Waals surface area contributed by atoms with Gasteiger partial charge < -0.3 is 18.9 Å². The number of H-pyrrole nitrogens is 2. The highest BCUT2D eigenvalue weighted by Gasteiger charge is 2.28. The second-order valence-corrected chi connectivity index (χ2v) is 9.02. The molecule has 0 aromatic carbocycles. The zero-order valence-electron chi connectivity index (χ0n) is 11.1. The molecule has 0 spiro atoms. The summed E-state index contributed by atoms with van der Waals surface area (Å²) in [7, 11) is -4.81. The molecule has 2 unspecified atom stereocenters. The van der Waals surface area contributed by atoms with E-state index in [1.807, 2.05) is 0 Å². The van der Waals surface area contributed by atoms with Crippen LogP contribution < -0.4 is 30.1 Å². The number of rotatable bonds is 5. The summed E-state index contributed by atoms with van der Waals surface area (Å²) in [6, 6.07) is 0. The van der Waals surface area contributed by atoms with E-state index in [2.05, 4.69) is 9.97 Å². The lowest BCUT2D eigenvalue weighted by Gasteiger charge is -2.23. The van der Waals surface area contributed by atoms with Gasteiger partial charge in [0.15, 0.2) is 0 Å². The number of nitrogens with zero attached hydrogens (tertiary/aromatic N) is 2. The molecule has 0 saturated carbocycles. The SMILES string of the molecule is C[n+]1cc[nH]c1P(=O)([O-])CCP(=O)([O-])c1[nH]cc[n+]1C. The fraction of sp³-hybridized carbons (Fsp3) is 0.400. The Morgan fingerprint density at radius 1 is 0.950 bits per heavy atom. The van der Waals surface area contributed by atoms with Crippen LogP contribution in [0.25, 0.3) is 0 Å². The molecule has 110 valence electrons. The minimum absolute atomic E-state index is 0.0216. The van der Waals surface area contributed by atoms with Gasteiger partial charge in [-0.25, -0.2) is 19.1 Å². The van der Waals surface area contributed by atoms with Gasteiger partial charge in [0.25, 0.3) is 11.1 Å². The van der Waals surface area contributed by atoms with E-state index in [9.17, 15) is 18.9 Å². The van der Waals surface area contributed by atoms with E-state index >= 15 is 0 Å². The smallest absolute Gasteiger partial charge is 0.297 e. The number of aromatic amines is 2. The van der Waals surface area contributed by atoms with Gasteiger partial charge in [0.1, 0.15) is 39.5 Å². The van der Waals surface area contributed by atoms with Gasteiger partial charge in [-0.15, -0.1) is 0 Å². The summed E-state index contributed by atoms with van der Waals surface area (Å²) in [5.41, 5.74) is 0.0433. The van der Waals surface area contributed by atoms with Crippen LogP contribution in [0.4, 0.5) is 0 Å². The fourth-order valence-corrected chi connectivity index (χ4v) is 6.11. The molecule has 0 radical (unpaired) electrons. The van der Waals surface area contributed by atoms with E-state index < -0.39 is 27.1 Å². The predicted molar refractivity (Wildman–Crippen MR) is 68.2 cm³/mol. The van der Waals surface area contributed by atoms with Crippen LogP contribution in [-0.2, 0) is 23.2 Å². The van der Waals surface area contributed by atoms with E-state index in [1.165, 1.54) is 21.5 Å². The second kappa shape index (κ2) is 5.30. The van der Waals surface area contributed by atoms with Crippen molar-refractivity contribution >= 4 is 25.9 Å². The van der Waals surface area contributed by atoms with Gasteiger partial charge in [0.05, 0.1) is 14.1 Å². The number of nitrogens with one attached hydrogen (secondary N) is 2. The maximum absolute atomic E-state index is 12.1. The maximum Gasteiger partial charge on any atom is 0.297 e. The average molecular weight is 318 g/mol. The standard InChI is InChI=1S/C10H16N4O4P2/c1-13-5-3-11-9(13)19(15,16)7-8-20(17,18)10-12-4-6-14(10)2/h3-6H,7-8H2,1-2H3,(H2,15,16,17,18). The summed E-state index contributed by atoms with van der Waals surface area (Å²) in [4.78, 5) is 29.4. The van der Waals surface area contributed by atoms with E-state index in [0.717, 1.165) is 0 Å². The van der Waals surface area contributed by atoms with Gasteiger partial charge in [-0.3, -0.25) is 0 Å². The Bertz CT molecular complexity index is 647. The van der Waals surface area contributed by atoms with Gasteiger partial charge in [0, 0.05) is 12.3 Å². The first-order chi connectivity index (χ1) is 9.24. The maximum atomic E-state index is 12.1. The molecule has 2 atom stereocenters. The molecule has 2 aromatic heterocycles. The third-order valence-electron chi connectivity index (χ3n) is 3.02. The topological polar surface area (TPSA) is 120 Å². The first kappa shape index (κ1) is 15.2. The molecule has 2 N–H and O–H groups in total. The van der Waals surface area contributed by atoms with E-state index in [0.29, 0.717) is 0 Å². The second-order valence-electron chi connectivity index (χ2n) is 4.58. The van der Waals surface area contributed by atoms with Crippen LogP contribution in [0.3, 0.4) is 0 Å². The Labute approximate surface area is 116 Å². The lowest BCUT2D eigenvalue weighted by molar-refractivity contribution is -0.653. The van der Waals surface area contributed by atoms with Crippen LogP contribution >= 0.6 is 14.7 Å². The highest BCUT2D eigenvalue weighted by Crippen LogP contribution is 2.40. The van der Waals surface area contributed by atoms with Crippen molar-refractivity contribution in [2.45, 2.75) is 0 Å². The van der Waals surface area contributed by atoms with Crippen molar-refractivity contribution in [3.05, 3.63) is 24.8 Å². The number of aryl methyl sites for hydroxylation is 2. The van der Waals surface area contributed by atoms with Gasteiger partial charge in [0.2, 0.25) is 0 Å². The van der Waals surface area contributed by atoms with E-state index in [1.54, 1.807) is 26.5 Å². The Balaban J connectivity index is 2.17. The Kier molecular flexibility index (Phi) is 4.02. The van der Waals surface area contributed by atoms with Crippen molar-refractivity contribution in [3.8, 4) is 0 Å².